The van der Waals surface area contributed by atoms with E-state index >= 15 is 0 Å². The number of benzene rings is 1. The van der Waals surface area contributed by atoms with Gasteiger partial charge in [-0.15, -0.1) is 0 Å². The van der Waals surface area contributed by atoms with Crippen LogP contribution >= 0.6 is 11.6 Å². The third-order valence-electron chi connectivity index (χ3n) is 5.94. The topological polar surface area (TPSA) is 76.0 Å². The Balaban J connectivity index is 1.57. The fraction of sp³-hybridized carbons (Fsp3) is 0.667. The van der Waals surface area contributed by atoms with E-state index in [1.54, 1.807) is 0 Å². The summed E-state index contributed by atoms with van der Waals surface area (Å²) in [6.07, 6.45) is 0.343. The van der Waals surface area contributed by atoms with Gasteiger partial charge in [-0.3, -0.25) is 4.90 Å². The highest BCUT2D eigenvalue weighted by Gasteiger charge is 2.49. The van der Waals surface area contributed by atoms with Gasteiger partial charge in [0.25, 0.3) is 0 Å². The molecule has 0 bridgehead atoms. The number of nitrogens with one attached hydrogen (secondary N) is 1. The lowest BCUT2D eigenvalue weighted by molar-refractivity contribution is 0.0880. The highest BCUT2D eigenvalue weighted by Crippen LogP contribution is 2.34. The fourth-order valence-corrected chi connectivity index (χ4v) is 4.74. The second kappa shape index (κ2) is 8.57. The Hall–Kier alpha value is -1.34. The molecular weight excluding hydrogens is 378 g/mol. The van der Waals surface area contributed by atoms with Crippen molar-refractivity contribution in [3.05, 3.63) is 34.9 Å². The number of halogens is 1. The third-order valence-corrected chi connectivity index (χ3v) is 6.19. The Morgan fingerprint density at radius 2 is 1.82 bits per heavy atom. The van der Waals surface area contributed by atoms with Crippen molar-refractivity contribution in [2.75, 3.05) is 19.6 Å². The molecule has 7 heteroatoms. The van der Waals surface area contributed by atoms with Gasteiger partial charge < -0.3 is 20.4 Å². The molecule has 3 rings (SSSR count). The molecule has 2 aliphatic rings. The second-order valence-corrected chi connectivity index (χ2v) is 9.62. The second-order valence-electron chi connectivity index (χ2n) is 9.18. The minimum Gasteiger partial charge on any atom is -0.465 e. The number of amides is 1. The van der Waals surface area contributed by atoms with Gasteiger partial charge in [-0.05, 0) is 49.0 Å². The predicted octanol–water partition coefficient (Wildman–Crippen LogP) is 3.03. The van der Waals surface area contributed by atoms with E-state index in [0.717, 1.165) is 37.5 Å². The molecule has 3 unspecified atom stereocenters. The van der Waals surface area contributed by atoms with Crippen LogP contribution in [0.5, 0.6) is 0 Å². The van der Waals surface area contributed by atoms with Gasteiger partial charge in [0.1, 0.15) is 0 Å². The maximum absolute atomic E-state index is 11.7. The average molecular weight is 410 g/mol. The Kier molecular flexibility index (Phi) is 6.54. The summed E-state index contributed by atoms with van der Waals surface area (Å²) in [7, 11) is 0. The van der Waals surface area contributed by atoms with Gasteiger partial charge >= 0.3 is 6.09 Å². The predicted molar refractivity (Wildman–Crippen MR) is 111 cm³/mol. The van der Waals surface area contributed by atoms with Crippen LogP contribution in [0.2, 0.25) is 5.02 Å². The van der Waals surface area contributed by atoms with Crippen molar-refractivity contribution in [2.24, 2.45) is 5.41 Å². The summed E-state index contributed by atoms with van der Waals surface area (Å²) >= 11 is 5.96. The summed E-state index contributed by atoms with van der Waals surface area (Å²) in [6, 6.07) is 7.79. The normalized spacial score (nSPS) is 27.3. The van der Waals surface area contributed by atoms with E-state index in [1.807, 2.05) is 32.9 Å². The Morgan fingerprint density at radius 1 is 1.21 bits per heavy atom. The minimum atomic E-state index is -0.957. The molecule has 156 valence electrons. The van der Waals surface area contributed by atoms with Crippen molar-refractivity contribution in [1.29, 1.82) is 0 Å². The number of likely N-dealkylation sites (tertiary alicyclic amines) is 2. The molecule has 1 aromatic carbocycles. The van der Waals surface area contributed by atoms with Crippen LogP contribution in [0.4, 0.5) is 4.79 Å². The first-order valence-electron chi connectivity index (χ1n) is 10.1. The van der Waals surface area contributed by atoms with Gasteiger partial charge in [-0.2, -0.15) is 0 Å². The molecule has 6 nitrogen and oxygen atoms in total. The number of aliphatic hydroxyl groups is 1. The van der Waals surface area contributed by atoms with Crippen molar-refractivity contribution < 1.29 is 15.0 Å². The molecule has 3 atom stereocenters. The summed E-state index contributed by atoms with van der Waals surface area (Å²) in [5.74, 6) is 0. The first-order valence-corrected chi connectivity index (χ1v) is 10.4. The molecule has 0 saturated carbocycles. The number of hydrogen-bond acceptors (Lipinski definition) is 4. The number of piperidine rings is 1. The lowest BCUT2D eigenvalue weighted by Crippen LogP contribution is -2.57. The Bertz CT molecular complexity index is 668. The number of β-amino-alcohol motifs (C(OH)–C–C–N with tert-alkyl or cyclic N) is 1. The van der Waals surface area contributed by atoms with Gasteiger partial charge in [0.15, 0.2) is 0 Å². The zero-order valence-corrected chi connectivity index (χ0v) is 17.7. The summed E-state index contributed by atoms with van der Waals surface area (Å²) in [4.78, 5) is 15.5. The van der Waals surface area contributed by atoms with E-state index in [4.69, 9.17) is 11.6 Å². The molecular formula is C21H32ClN3O3. The first-order chi connectivity index (χ1) is 13.1. The molecule has 0 radical (unpaired) electrons. The van der Waals surface area contributed by atoms with E-state index < -0.39 is 12.2 Å². The smallest absolute Gasteiger partial charge is 0.407 e. The third kappa shape index (κ3) is 4.98. The largest absolute Gasteiger partial charge is 0.465 e. The molecule has 3 N–H and O–H groups in total. The van der Waals surface area contributed by atoms with Crippen LogP contribution in [-0.4, -0.2) is 70.0 Å². The molecule has 1 amide bonds. The van der Waals surface area contributed by atoms with Gasteiger partial charge in [-0.1, -0.05) is 44.5 Å². The van der Waals surface area contributed by atoms with Gasteiger partial charge in [0.05, 0.1) is 24.7 Å². The summed E-state index contributed by atoms with van der Waals surface area (Å²) in [5.41, 5.74) is 1.01. The summed E-state index contributed by atoms with van der Waals surface area (Å²) < 4.78 is 0. The monoisotopic (exact) mass is 409 g/mol. The SMILES string of the molecule is CC(C)(C)C1C(NC2CCN(Cc3ccc(Cl)cc3)CC2)C(O)CN1C(=O)O. The van der Waals surface area contributed by atoms with E-state index in [1.165, 1.54) is 10.5 Å². The maximum Gasteiger partial charge on any atom is 0.407 e. The van der Waals surface area contributed by atoms with Crippen molar-refractivity contribution >= 4 is 17.7 Å². The lowest BCUT2D eigenvalue weighted by atomic mass is 9.81. The Morgan fingerprint density at radius 3 is 2.36 bits per heavy atom. The average Bonchev–Trinajstić information content (AvgIpc) is 2.96. The van der Waals surface area contributed by atoms with Gasteiger partial charge in [0.2, 0.25) is 0 Å². The van der Waals surface area contributed by atoms with Crippen LogP contribution in [0, 0.1) is 5.41 Å². The van der Waals surface area contributed by atoms with Crippen LogP contribution in [-0.2, 0) is 6.54 Å². The molecule has 0 spiro atoms. The van der Waals surface area contributed by atoms with E-state index in [-0.39, 0.29) is 24.0 Å². The first kappa shape index (κ1) is 21.4. The molecule has 2 heterocycles. The molecule has 2 saturated heterocycles. The van der Waals surface area contributed by atoms with Gasteiger partial charge in [-0.25, -0.2) is 4.79 Å². The number of carbonyl (C=O) groups is 1. The molecule has 2 fully saturated rings. The zero-order valence-electron chi connectivity index (χ0n) is 16.9. The van der Waals surface area contributed by atoms with Crippen LogP contribution in [0.1, 0.15) is 39.2 Å². The minimum absolute atomic E-state index is 0.171. The van der Waals surface area contributed by atoms with Crippen LogP contribution in [0.25, 0.3) is 0 Å². The Labute approximate surface area is 172 Å². The number of rotatable bonds is 4. The summed E-state index contributed by atoms with van der Waals surface area (Å²) in [5, 5.41) is 24.5. The lowest BCUT2D eigenvalue weighted by Gasteiger charge is -2.40. The van der Waals surface area contributed by atoms with E-state index in [0.29, 0.717) is 6.04 Å². The highest BCUT2D eigenvalue weighted by atomic mass is 35.5. The number of carboxylic acid groups (broad SMARTS) is 1. The van der Waals surface area contributed by atoms with Crippen molar-refractivity contribution in [2.45, 2.75) is 64.4 Å². The zero-order chi connectivity index (χ0) is 20.5. The van der Waals surface area contributed by atoms with Crippen LogP contribution < -0.4 is 5.32 Å². The highest BCUT2D eigenvalue weighted by molar-refractivity contribution is 6.30. The number of aliphatic hydroxyl groups excluding tert-OH is 1. The van der Waals surface area contributed by atoms with Gasteiger partial charge in [0, 0.05) is 17.6 Å². The fourth-order valence-electron chi connectivity index (χ4n) is 4.62. The molecule has 28 heavy (non-hydrogen) atoms. The van der Waals surface area contributed by atoms with E-state index in [9.17, 15) is 15.0 Å². The number of nitrogens with zero attached hydrogens (tertiary/aromatic N) is 2. The summed E-state index contributed by atoms with van der Waals surface area (Å²) in [6.45, 7) is 9.15. The maximum atomic E-state index is 11.7. The molecule has 0 aromatic heterocycles. The van der Waals surface area contributed by atoms with E-state index in [2.05, 4.69) is 22.3 Å². The van der Waals surface area contributed by atoms with Crippen molar-refractivity contribution in [1.82, 2.24) is 15.1 Å². The van der Waals surface area contributed by atoms with Crippen molar-refractivity contribution in [3.63, 3.8) is 0 Å². The number of hydrogen-bond donors (Lipinski definition) is 3. The van der Waals surface area contributed by atoms with Crippen LogP contribution in [0.15, 0.2) is 24.3 Å². The quantitative estimate of drug-likeness (QED) is 0.712. The standard InChI is InChI=1S/C21H32ClN3O3/c1-21(2,3)19-18(17(26)13-25(19)20(27)28)23-16-8-10-24(11-9-16)12-14-4-6-15(22)7-5-14/h4-7,16-19,23,26H,8-13H2,1-3H3,(H,27,28). The molecule has 2 aliphatic heterocycles. The molecule has 0 aliphatic carbocycles. The van der Waals surface area contributed by atoms with Crippen LogP contribution in [0.3, 0.4) is 0 Å². The van der Waals surface area contributed by atoms with Crippen molar-refractivity contribution in [3.8, 4) is 0 Å². The molecule has 1 aromatic rings.